The first-order chi connectivity index (χ1) is 5.88. The third-order valence-electron chi connectivity index (χ3n) is 2.69. The Balaban J connectivity index is 2.11. The van der Waals surface area contributed by atoms with Crippen LogP contribution in [0.1, 0.15) is 19.4 Å². The number of aromatic nitrogens is 2. The molecule has 0 aliphatic carbocycles. The highest BCUT2D eigenvalue weighted by Crippen LogP contribution is 2.22. The summed E-state index contributed by atoms with van der Waals surface area (Å²) in [6.45, 7) is 4.55. The molecule has 0 aromatic carbocycles. The minimum absolute atomic E-state index is 0.598. The van der Waals surface area contributed by atoms with Gasteiger partial charge in [0.25, 0.3) is 0 Å². The van der Waals surface area contributed by atoms with E-state index in [0.29, 0.717) is 6.04 Å². The van der Waals surface area contributed by atoms with Crippen LogP contribution in [0.2, 0.25) is 0 Å². The number of piperidine rings is 1. The van der Waals surface area contributed by atoms with Gasteiger partial charge in [0.15, 0.2) is 0 Å². The first kappa shape index (κ1) is 7.80. The number of rotatable bonds is 1. The third-order valence-corrected chi connectivity index (χ3v) is 2.69. The molecule has 2 rings (SSSR count). The predicted molar refractivity (Wildman–Crippen MR) is 47.9 cm³/mol. The van der Waals surface area contributed by atoms with Crippen molar-refractivity contribution in [1.29, 1.82) is 0 Å². The Morgan fingerprint density at radius 3 is 3.17 bits per heavy atom. The van der Waals surface area contributed by atoms with Gasteiger partial charge < -0.3 is 9.88 Å². The average Bonchev–Trinajstić information content (AvgIpc) is 2.57. The zero-order valence-electron chi connectivity index (χ0n) is 7.40. The number of nitrogens with zero attached hydrogens (tertiary/aromatic N) is 2. The monoisotopic (exact) mass is 165 g/mol. The van der Waals surface area contributed by atoms with Crippen LogP contribution in [0.15, 0.2) is 18.7 Å². The van der Waals surface area contributed by atoms with Gasteiger partial charge in [-0.1, -0.05) is 6.92 Å². The summed E-state index contributed by atoms with van der Waals surface area (Å²) < 4.78 is 2.21. The topological polar surface area (TPSA) is 29.9 Å². The molecule has 0 radical (unpaired) electrons. The highest BCUT2D eigenvalue weighted by atomic mass is 15.1. The molecule has 1 aromatic heterocycles. The molecule has 3 nitrogen and oxygen atoms in total. The highest BCUT2D eigenvalue weighted by Gasteiger charge is 2.21. The van der Waals surface area contributed by atoms with E-state index in [0.717, 1.165) is 19.0 Å². The van der Waals surface area contributed by atoms with Crippen LogP contribution in [0.25, 0.3) is 0 Å². The van der Waals surface area contributed by atoms with Crippen molar-refractivity contribution in [2.45, 2.75) is 19.4 Å². The molecule has 0 saturated carbocycles. The Kier molecular flexibility index (Phi) is 2.13. The maximum Gasteiger partial charge on any atom is 0.0949 e. The summed E-state index contributed by atoms with van der Waals surface area (Å²) in [5.41, 5.74) is 0. The first-order valence-electron chi connectivity index (χ1n) is 4.56. The Labute approximate surface area is 72.8 Å². The minimum Gasteiger partial charge on any atom is -0.333 e. The Bertz CT molecular complexity index is 230. The SMILES string of the molecule is C[C@H]1CCNC[C@@H]1n1ccnc1. The molecule has 2 atom stereocenters. The number of hydrogen-bond donors (Lipinski definition) is 1. The molecular formula is C9H15N3. The molecule has 3 heteroatoms. The molecule has 2 heterocycles. The van der Waals surface area contributed by atoms with Crippen molar-refractivity contribution < 1.29 is 0 Å². The summed E-state index contributed by atoms with van der Waals surface area (Å²) in [5, 5.41) is 3.40. The maximum absolute atomic E-state index is 4.07. The maximum atomic E-state index is 4.07. The smallest absolute Gasteiger partial charge is 0.0949 e. The molecule has 1 N–H and O–H groups in total. The Morgan fingerprint density at radius 1 is 1.58 bits per heavy atom. The summed E-state index contributed by atoms with van der Waals surface area (Å²) >= 11 is 0. The average molecular weight is 165 g/mol. The molecule has 0 spiro atoms. The summed E-state index contributed by atoms with van der Waals surface area (Å²) in [4.78, 5) is 4.07. The lowest BCUT2D eigenvalue weighted by molar-refractivity contribution is 0.274. The van der Waals surface area contributed by atoms with Crippen molar-refractivity contribution in [2.75, 3.05) is 13.1 Å². The summed E-state index contributed by atoms with van der Waals surface area (Å²) in [7, 11) is 0. The van der Waals surface area contributed by atoms with Crippen LogP contribution in [0.5, 0.6) is 0 Å². The zero-order valence-corrected chi connectivity index (χ0v) is 7.40. The van der Waals surface area contributed by atoms with Gasteiger partial charge in [0.1, 0.15) is 0 Å². The molecule has 1 aliphatic rings. The van der Waals surface area contributed by atoms with E-state index in [1.54, 1.807) is 0 Å². The van der Waals surface area contributed by atoms with Crippen LogP contribution in [0.3, 0.4) is 0 Å². The van der Waals surface area contributed by atoms with Crippen molar-refractivity contribution in [2.24, 2.45) is 5.92 Å². The van der Waals surface area contributed by atoms with E-state index in [1.165, 1.54) is 6.42 Å². The second kappa shape index (κ2) is 3.27. The largest absolute Gasteiger partial charge is 0.333 e. The fourth-order valence-electron chi connectivity index (χ4n) is 1.84. The quantitative estimate of drug-likeness (QED) is 0.674. The van der Waals surface area contributed by atoms with E-state index in [2.05, 4.69) is 21.8 Å². The normalized spacial score (nSPS) is 30.4. The van der Waals surface area contributed by atoms with E-state index in [4.69, 9.17) is 0 Å². The lowest BCUT2D eigenvalue weighted by Crippen LogP contribution is -2.36. The summed E-state index contributed by atoms with van der Waals surface area (Å²) in [6.07, 6.45) is 7.08. The molecule has 66 valence electrons. The van der Waals surface area contributed by atoms with Gasteiger partial charge in [0.2, 0.25) is 0 Å². The van der Waals surface area contributed by atoms with Gasteiger partial charge in [-0.3, -0.25) is 0 Å². The molecule has 0 amide bonds. The van der Waals surface area contributed by atoms with Crippen molar-refractivity contribution in [3.8, 4) is 0 Å². The highest BCUT2D eigenvalue weighted by molar-refractivity contribution is 4.86. The molecule has 12 heavy (non-hydrogen) atoms. The van der Waals surface area contributed by atoms with Gasteiger partial charge in [-0.05, 0) is 18.9 Å². The molecule has 1 aliphatic heterocycles. The Morgan fingerprint density at radius 2 is 2.50 bits per heavy atom. The van der Waals surface area contributed by atoms with E-state index in [-0.39, 0.29) is 0 Å². The second-order valence-electron chi connectivity index (χ2n) is 3.55. The molecule has 0 unspecified atom stereocenters. The third kappa shape index (κ3) is 1.37. The first-order valence-corrected chi connectivity index (χ1v) is 4.56. The standard InChI is InChI=1S/C9H15N3/c1-8-2-3-10-6-9(8)12-5-4-11-7-12/h4-5,7-10H,2-3,6H2,1H3/t8-,9-/m0/s1. The predicted octanol–water partition coefficient (Wildman–Crippen LogP) is 1.05. The van der Waals surface area contributed by atoms with E-state index in [1.807, 2.05) is 18.7 Å². The molecular weight excluding hydrogens is 150 g/mol. The number of nitrogens with one attached hydrogen (secondary N) is 1. The van der Waals surface area contributed by atoms with Gasteiger partial charge in [-0.25, -0.2) is 4.98 Å². The van der Waals surface area contributed by atoms with E-state index >= 15 is 0 Å². The van der Waals surface area contributed by atoms with E-state index in [9.17, 15) is 0 Å². The molecule has 0 bridgehead atoms. The van der Waals surface area contributed by atoms with Gasteiger partial charge >= 0.3 is 0 Å². The molecule has 1 fully saturated rings. The molecule has 1 aromatic rings. The number of imidazole rings is 1. The van der Waals surface area contributed by atoms with Gasteiger partial charge in [0, 0.05) is 25.0 Å². The second-order valence-corrected chi connectivity index (χ2v) is 3.55. The lowest BCUT2D eigenvalue weighted by Gasteiger charge is -2.30. The van der Waals surface area contributed by atoms with Gasteiger partial charge in [-0.15, -0.1) is 0 Å². The lowest BCUT2D eigenvalue weighted by atomic mass is 9.95. The van der Waals surface area contributed by atoms with Crippen LogP contribution >= 0.6 is 0 Å². The Hall–Kier alpha value is -0.830. The van der Waals surface area contributed by atoms with E-state index < -0.39 is 0 Å². The minimum atomic E-state index is 0.598. The molecule has 1 saturated heterocycles. The number of hydrogen-bond acceptors (Lipinski definition) is 2. The zero-order chi connectivity index (χ0) is 8.39. The fraction of sp³-hybridized carbons (Fsp3) is 0.667. The summed E-state index contributed by atoms with van der Waals surface area (Å²) in [5.74, 6) is 0.764. The van der Waals surface area contributed by atoms with Crippen molar-refractivity contribution in [1.82, 2.24) is 14.9 Å². The van der Waals surface area contributed by atoms with Crippen molar-refractivity contribution in [3.05, 3.63) is 18.7 Å². The fourth-order valence-corrected chi connectivity index (χ4v) is 1.84. The van der Waals surface area contributed by atoms with Crippen LogP contribution in [-0.4, -0.2) is 22.6 Å². The summed E-state index contributed by atoms with van der Waals surface area (Å²) in [6, 6.07) is 0.598. The van der Waals surface area contributed by atoms with Crippen LogP contribution < -0.4 is 5.32 Å². The van der Waals surface area contributed by atoms with Crippen LogP contribution in [0.4, 0.5) is 0 Å². The van der Waals surface area contributed by atoms with Gasteiger partial charge in [0.05, 0.1) is 6.33 Å². The van der Waals surface area contributed by atoms with Gasteiger partial charge in [-0.2, -0.15) is 0 Å². The van der Waals surface area contributed by atoms with Crippen molar-refractivity contribution in [3.63, 3.8) is 0 Å². The van der Waals surface area contributed by atoms with Crippen LogP contribution in [-0.2, 0) is 0 Å². The van der Waals surface area contributed by atoms with Crippen molar-refractivity contribution >= 4 is 0 Å². The van der Waals surface area contributed by atoms with Crippen LogP contribution in [0, 0.1) is 5.92 Å².